The molecule has 0 atom stereocenters. The van der Waals surface area contributed by atoms with Crippen LogP contribution in [-0.2, 0) is 17.9 Å². The Kier molecular flexibility index (Phi) is 5.53. The van der Waals surface area contributed by atoms with Gasteiger partial charge in [-0.15, -0.1) is 10.2 Å². The molecule has 1 aliphatic heterocycles. The van der Waals surface area contributed by atoms with Gasteiger partial charge in [0.25, 0.3) is 11.6 Å². The Morgan fingerprint density at radius 3 is 2.73 bits per heavy atom. The minimum atomic E-state index is -0.464. The normalized spacial score (nSPS) is 13.1. The van der Waals surface area contributed by atoms with Crippen molar-refractivity contribution in [3.63, 3.8) is 0 Å². The molecule has 154 valence electrons. The van der Waals surface area contributed by atoms with Gasteiger partial charge in [0, 0.05) is 12.1 Å². The van der Waals surface area contributed by atoms with Crippen LogP contribution in [-0.4, -0.2) is 38.6 Å². The molecule has 0 spiro atoms. The number of benzene rings is 2. The molecule has 0 unspecified atom stereocenters. The zero-order chi connectivity index (χ0) is 21.1. The lowest BCUT2D eigenvalue weighted by Gasteiger charge is -2.29. The van der Waals surface area contributed by atoms with Crippen LogP contribution < -0.4 is 14.5 Å². The van der Waals surface area contributed by atoms with Crippen LogP contribution in [0.1, 0.15) is 11.4 Å². The predicted molar refractivity (Wildman–Crippen MR) is 108 cm³/mol. The third-order valence-corrected chi connectivity index (χ3v) is 5.31. The highest BCUT2D eigenvalue weighted by atomic mass is 32.2. The van der Waals surface area contributed by atoms with Gasteiger partial charge in [0.05, 0.1) is 24.3 Å². The number of rotatable bonds is 7. The number of aromatic nitrogens is 3. The fourth-order valence-corrected chi connectivity index (χ4v) is 3.84. The molecule has 2 heterocycles. The number of para-hydroxylation sites is 2. The van der Waals surface area contributed by atoms with Crippen LogP contribution >= 0.6 is 11.8 Å². The zero-order valence-electron chi connectivity index (χ0n) is 15.9. The third-order valence-electron chi connectivity index (χ3n) is 4.41. The Morgan fingerprint density at radius 2 is 1.97 bits per heavy atom. The van der Waals surface area contributed by atoms with Gasteiger partial charge in [-0.05, 0) is 17.7 Å². The first-order valence-corrected chi connectivity index (χ1v) is 9.92. The number of nitrogens with zero attached hydrogens (tertiary/aromatic N) is 5. The number of non-ortho nitro benzene ring substituents is 1. The summed E-state index contributed by atoms with van der Waals surface area (Å²) in [5.41, 5.74) is 0.593. The number of nitro benzene ring substituents is 1. The van der Waals surface area contributed by atoms with Crippen LogP contribution in [0.25, 0.3) is 0 Å². The molecule has 1 aliphatic rings. The summed E-state index contributed by atoms with van der Waals surface area (Å²) in [5, 5.41) is 21.4. The number of methoxy groups -OCH3 is 1. The summed E-state index contributed by atoms with van der Waals surface area (Å²) in [4.78, 5) is 23.2. The largest absolute Gasteiger partial charge is 0.493 e. The van der Waals surface area contributed by atoms with Crippen molar-refractivity contribution >= 4 is 23.4 Å². The minimum absolute atomic E-state index is 0.0324. The second-order valence-electron chi connectivity index (χ2n) is 6.32. The van der Waals surface area contributed by atoms with Gasteiger partial charge in [0.15, 0.2) is 17.3 Å². The van der Waals surface area contributed by atoms with Gasteiger partial charge in [0.1, 0.15) is 6.61 Å². The van der Waals surface area contributed by atoms with Crippen molar-refractivity contribution < 1.29 is 19.2 Å². The average molecular weight is 427 g/mol. The third kappa shape index (κ3) is 3.92. The van der Waals surface area contributed by atoms with E-state index in [0.717, 1.165) is 0 Å². The first-order chi connectivity index (χ1) is 14.6. The minimum Gasteiger partial charge on any atom is -0.493 e. The smallest absolute Gasteiger partial charge is 0.269 e. The number of carbonyl (C=O) groups excluding carboxylic acids is 1. The molecule has 0 fully saturated rings. The molecule has 10 nitrogen and oxygen atoms in total. The van der Waals surface area contributed by atoms with Crippen LogP contribution in [0, 0.1) is 10.1 Å². The molecule has 30 heavy (non-hydrogen) atoms. The summed E-state index contributed by atoms with van der Waals surface area (Å²) in [5.74, 6) is 1.60. The molecule has 0 bridgehead atoms. The lowest BCUT2D eigenvalue weighted by Crippen LogP contribution is -2.45. The Balaban J connectivity index is 1.60. The highest BCUT2D eigenvalue weighted by Gasteiger charge is 2.29. The van der Waals surface area contributed by atoms with Crippen molar-refractivity contribution in [2.45, 2.75) is 18.3 Å². The van der Waals surface area contributed by atoms with E-state index in [9.17, 15) is 14.9 Å². The fraction of sp³-hybridized carbons (Fsp3) is 0.211. The van der Waals surface area contributed by atoms with E-state index in [1.54, 1.807) is 36.1 Å². The van der Waals surface area contributed by atoms with Crippen LogP contribution in [0.2, 0.25) is 0 Å². The number of amides is 1. The lowest BCUT2D eigenvalue weighted by atomic mass is 10.2. The first kappa shape index (κ1) is 19.7. The molecular weight excluding hydrogens is 410 g/mol. The second kappa shape index (κ2) is 8.41. The number of carbonyl (C=O) groups is 1. The van der Waals surface area contributed by atoms with Crippen LogP contribution in [0.4, 0.5) is 5.69 Å². The Morgan fingerprint density at radius 1 is 1.17 bits per heavy atom. The topological polar surface area (TPSA) is 113 Å². The zero-order valence-corrected chi connectivity index (χ0v) is 16.7. The summed E-state index contributed by atoms with van der Waals surface area (Å²) in [6.07, 6.45) is 0. The molecule has 0 saturated heterocycles. The molecule has 3 aromatic rings. The van der Waals surface area contributed by atoms with E-state index < -0.39 is 4.92 Å². The maximum absolute atomic E-state index is 12.6. The molecule has 0 radical (unpaired) electrons. The molecule has 1 aromatic heterocycles. The van der Waals surface area contributed by atoms with E-state index in [2.05, 4.69) is 10.2 Å². The molecule has 4 rings (SSSR count). The molecule has 0 aliphatic carbocycles. The molecular formula is C19H17N5O5S. The maximum atomic E-state index is 12.6. The predicted octanol–water partition coefficient (Wildman–Crippen LogP) is 2.54. The van der Waals surface area contributed by atoms with E-state index in [0.29, 0.717) is 28.0 Å². The summed E-state index contributed by atoms with van der Waals surface area (Å²) < 4.78 is 12.7. The van der Waals surface area contributed by atoms with E-state index in [1.165, 1.54) is 28.9 Å². The van der Waals surface area contributed by atoms with Crippen molar-refractivity contribution in [2.24, 2.45) is 0 Å². The number of nitro groups is 1. The van der Waals surface area contributed by atoms with Gasteiger partial charge in [-0.25, -0.2) is 9.69 Å². The van der Waals surface area contributed by atoms with E-state index in [1.807, 2.05) is 12.1 Å². The highest BCUT2D eigenvalue weighted by molar-refractivity contribution is 7.99. The van der Waals surface area contributed by atoms with Gasteiger partial charge in [0.2, 0.25) is 5.16 Å². The molecule has 1 amide bonds. The van der Waals surface area contributed by atoms with Crippen LogP contribution in [0.15, 0.2) is 53.7 Å². The van der Waals surface area contributed by atoms with Crippen molar-refractivity contribution in [1.82, 2.24) is 14.9 Å². The number of hydrogen-bond acceptors (Lipinski definition) is 8. The van der Waals surface area contributed by atoms with Gasteiger partial charge in [-0.2, -0.15) is 0 Å². The maximum Gasteiger partial charge on any atom is 0.269 e. The van der Waals surface area contributed by atoms with Gasteiger partial charge in [-0.3, -0.25) is 14.9 Å². The van der Waals surface area contributed by atoms with Gasteiger partial charge in [-0.1, -0.05) is 36.0 Å². The summed E-state index contributed by atoms with van der Waals surface area (Å²) in [6, 6.07) is 13.4. The van der Waals surface area contributed by atoms with E-state index in [-0.39, 0.29) is 30.5 Å². The van der Waals surface area contributed by atoms with Crippen molar-refractivity contribution in [3.8, 4) is 11.5 Å². The average Bonchev–Trinajstić information content (AvgIpc) is 3.18. The van der Waals surface area contributed by atoms with Crippen molar-refractivity contribution in [2.75, 3.05) is 17.9 Å². The standard InChI is InChI=1S/C19H17N5O5S/c1-28-15-7-2-3-8-16(15)29-11-17-20-21-19-23(17)22(18(25)12-30-19)10-13-5-4-6-14(9-13)24(26)27/h2-9H,10-12H2,1H3. The van der Waals surface area contributed by atoms with Gasteiger partial charge >= 0.3 is 0 Å². The van der Waals surface area contributed by atoms with Crippen molar-refractivity contribution in [1.29, 1.82) is 0 Å². The number of hydrogen-bond donors (Lipinski definition) is 0. The number of ether oxygens (including phenoxy) is 2. The SMILES string of the molecule is COc1ccccc1OCc1nnc2n1N(Cc1cccc([N+](=O)[O-])c1)C(=O)CS2. The second-order valence-corrected chi connectivity index (χ2v) is 7.26. The fourth-order valence-electron chi connectivity index (χ4n) is 3.01. The molecule has 11 heteroatoms. The summed E-state index contributed by atoms with van der Waals surface area (Å²) in [6.45, 7) is 0.209. The first-order valence-electron chi connectivity index (χ1n) is 8.93. The quantitative estimate of drug-likeness (QED) is 0.418. The van der Waals surface area contributed by atoms with Gasteiger partial charge < -0.3 is 9.47 Å². The molecule has 2 aromatic carbocycles. The Labute approximate surface area is 175 Å². The van der Waals surface area contributed by atoms with Crippen LogP contribution in [0.3, 0.4) is 0 Å². The van der Waals surface area contributed by atoms with E-state index in [4.69, 9.17) is 9.47 Å². The number of fused-ring (bicyclic) bond motifs is 1. The Hall–Kier alpha value is -3.60. The van der Waals surface area contributed by atoms with E-state index >= 15 is 0 Å². The lowest BCUT2D eigenvalue weighted by molar-refractivity contribution is -0.384. The highest BCUT2D eigenvalue weighted by Crippen LogP contribution is 2.28. The summed E-state index contributed by atoms with van der Waals surface area (Å²) in [7, 11) is 1.55. The van der Waals surface area contributed by atoms with Crippen molar-refractivity contribution in [3.05, 3.63) is 70.0 Å². The molecule has 0 N–H and O–H groups in total. The van der Waals surface area contributed by atoms with Crippen LogP contribution in [0.5, 0.6) is 11.5 Å². The summed E-state index contributed by atoms with van der Waals surface area (Å²) >= 11 is 1.28. The monoisotopic (exact) mass is 427 g/mol. The number of thioether (sulfide) groups is 1. The Bertz CT molecular complexity index is 1100. The molecule has 0 saturated carbocycles.